The van der Waals surface area contributed by atoms with Crippen LogP contribution in [0.4, 0.5) is 10.1 Å². The Bertz CT molecular complexity index is 601. The zero-order valence-electron chi connectivity index (χ0n) is 12.7. The zero-order valence-corrected chi connectivity index (χ0v) is 12.7. The van der Waals surface area contributed by atoms with Crippen molar-refractivity contribution >= 4 is 16.6 Å². The van der Waals surface area contributed by atoms with Gasteiger partial charge in [-0.15, -0.1) is 0 Å². The van der Waals surface area contributed by atoms with Gasteiger partial charge in [0, 0.05) is 23.3 Å². The molecule has 0 aliphatic heterocycles. The number of pyridine rings is 1. The molecular weight excluding hydrogens is 267 g/mol. The molecule has 0 fully saturated rings. The number of unbranched alkanes of at least 4 members (excludes halogenated alkanes) is 3. The van der Waals surface area contributed by atoms with E-state index in [9.17, 15) is 4.39 Å². The second-order valence-corrected chi connectivity index (χ2v) is 5.45. The first kappa shape index (κ1) is 15.5. The molecule has 3 nitrogen and oxygen atoms in total. The van der Waals surface area contributed by atoms with E-state index in [1.54, 1.807) is 12.3 Å². The third-order valence-corrected chi connectivity index (χ3v) is 3.62. The van der Waals surface area contributed by atoms with Gasteiger partial charge in [0.1, 0.15) is 5.52 Å². The van der Waals surface area contributed by atoms with Gasteiger partial charge in [0.05, 0.1) is 6.10 Å². The standard InChI is InChI=1S/C17H23FN2O/c1-3-4-5-6-8-12(2)21-17-14(18)11-15(19)13-9-7-10-20-16(13)17/h7,9-12H,3-6,8,19H2,1-2H3. The summed E-state index contributed by atoms with van der Waals surface area (Å²) in [6.07, 6.45) is 7.22. The fraction of sp³-hybridized carbons (Fsp3) is 0.471. The minimum Gasteiger partial charge on any atom is -0.485 e. The largest absolute Gasteiger partial charge is 0.485 e. The van der Waals surface area contributed by atoms with Gasteiger partial charge < -0.3 is 10.5 Å². The monoisotopic (exact) mass is 290 g/mol. The summed E-state index contributed by atoms with van der Waals surface area (Å²) in [5.74, 6) is -0.234. The van der Waals surface area contributed by atoms with Crippen LogP contribution in [-0.4, -0.2) is 11.1 Å². The number of benzene rings is 1. The topological polar surface area (TPSA) is 48.1 Å². The van der Waals surface area contributed by atoms with Crippen LogP contribution in [-0.2, 0) is 0 Å². The lowest BCUT2D eigenvalue weighted by molar-refractivity contribution is 0.200. The Balaban J connectivity index is 2.14. The van der Waals surface area contributed by atoms with Crippen LogP contribution in [0, 0.1) is 5.82 Å². The highest BCUT2D eigenvalue weighted by Crippen LogP contribution is 2.32. The minimum atomic E-state index is -0.445. The quantitative estimate of drug-likeness (QED) is 0.594. The Hall–Kier alpha value is -1.84. The van der Waals surface area contributed by atoms with Crippen molar-refractivity contribution in [2.24, 2.45) is 0 Å². The number of ether oxygens (including phenoxy) is 1. The van der Waals surface area contributed by atoms with Crippen LogP contribution >= 0.6 is 0 Å². The Kier molecular flexibility index (Phi) is 5.37. The average molecular weight is 290 g/mol. The Morgan fingerprint density at radius 1 is 1.33 bits per heavy atom. The predicted octanol–water partition coefficient (Wildman–Crippen LogP) is 4.69. The molecular formula is C17H23FN2O. The number of halogens is 1. The molecule has 2 aromatic rings. The summed E-state index contributed by atoms with van der Waals surface area (Å²) in [4.78, 5) is 4.22. The molecule has 2 N–H and O–H groups in total. The van der Waals surface area contributed by atoms with Gasteiger partial charge in [-0.05, 0) is 31.9 Å². The lowest BCUT2D eigenvalue weighted by Gasteiger charge is -2.17. The van der Waals surface area contributed by atoms with Crippen LogP contribution in [0.5, 0.6) is 5.75 Å². The highest BCUT2D eigenvalue weighted by atomic mass is 19.1. The molecule has 1 atom stereocenters. The molecule has 1 aromatic carbocycles. The minimum absolute atomic E-state index is 0.0369. The Morgan fingerprint density at radius 3 is 2.90 bits per heavy atom. The first-order valence-electron chi connectivity index (χ1n) is 7.62. The molecule has 0 aliphatic rings. The van der Waals surface area contributed by atoms with Crippen LogP contribution in [0.15, 0.2) is 24.4 Å². The maximum absolute atomic E-state index is 14.1. The molecule has 0 aliphatic carbocycles. The van der Waals surface area contributed by atoms with E-state index in [4.69, 9.17) is 10.5 Å². The van der Waals surface area contributed by atoms with E-state index in [1.807, 2.05) is 13.0 Å². The number of nitrogen functional groups attached to an aromatic ring is 1. The SMILES string of the molecule is CCCCCCC(C)Oc1c(F)cc(N)c2cccnc12. The van der Waals surface area contributed by atoms with E-state index in [1.165, 1.54) is 25.3 Å². The van der Waals surface area contributed by atoms with Crippen LogP contribution in [0.1, 0.15) is 46.0 Å². The Labute approximate surface area is 125 Å². The van der Waals surface area contributed by atoms with Crippen molar-refractivity contribution in [2.45, 2.75) is 52.1 Å². The van der Waals surface area contributed by atoms with Crippen molar-refractivity contribution in [3.8, 4) is 5.75 Å². The summed E-state index contributed by atoms with van der Waals surface area (Å²) in [5, 5.41) is 0.729. The van der Waals surface area contributed by atoms with Gasteiger partial charge in [-0.2, -0.15) is 0 Å². The molecule has 114 valence electrons. The number of fused-ring (bicyclic) bond motifs is 1. The Morgan fingerprint density at radius 2 is 2.14 bits per heavy atom. The van der Waals surface area contributed by atoms with E-state index in [2.05, 4.69) is 11.9 Å². The van der Waals surface area contributed by atoms with Gasteiger partial charge in [0.15, 0.2) is 11.6 Å². The van der Waals surface area contributed by atoms with Gasteiger partial charge in [-0.25, -0.2) is 4.39 Å². The van der Waals surface area contributed by atoms with E-state index >= 15 is 0 Å². The summed E-state index contributed by atoms with van der Waals surface area (Å²) in [7, 11) is 0. The summed E-state index contributed by atoms with van der Waals surface area (Å²) in [6.45, 7) is 4.15. The second-order valence-electron chi connectivity index (χ2n) is 5.45. The van der Waals surface area contributed by atoms with Gasteiger partial charge >= 0.3 is 0 Å². The van der Waals surface area contributed by atoms with Crippen LogP contribution in [0.25, 0.3) is 10.9 Å². The van der Waals surface area contributed by atoms with Gasteiger partial charge in [0.2, 0.25) is 0 Å². The van der Waals surface area contributed by atoms with Crippen molar-refractivity contribution < 1.29 is 9.13 Å². The number of aromatic nitrogens is 1. The molecule has 4 heteroatoms. The van der Waals surface area contributed by atoms with Crippen molar-refractivity contribution in [1.29, 1.82) is 0 Å². The highest BCUT2D eigenvalue weighted by Gasteiger charge is 2.15. The second kappa shape index (κ2) is 7.25. The van der Waals surface area contributed by atoms with Crippen LogP contribution < -0.4 is 10.5 Å². The molecule has 21 heavy (non-hydrogen) atoms. The number of nitrogens with zero attached hydrogens (tertiary/aromatic N) is 1. The maximum Gasteiger partial charge on any atom is 0.181 e. The third kappa shape index (κ3) is 3.84. The lowest BCUT2D eigenvalue weighted by Crippen LogP contribution is -2.13. The molecule has 0 saturated carbocycles. The van der Waals surface area contributed by atoms with E-state index in [0.29, 0.717) is 11.2 Å². The van der Waals surface area contributed by atoms with E-state index in [0.717, 1.165) is 18.2 Å². The number of hydrogen-bond acceptors (Lipinski definition) is 3. The predicted molar refractivity (Wildman–Crippen MR) is 85.0 cm³/mol. The molecule has 0 radical (unpaired) electrons. The van der Waals surface area contributed by atoms with Crippen molar-refractivity contribution in [3.63, 3.8) is 0 Å². The van der Waals surface area contributed by atoms with Crippen LogP contribution in [0.3, 0.4) is 0 Å². The molecule has 0 bridgehead atoms. The fourth-order valence-corrected chi connectivity index (χ4v) is 2.44. The summed E-state index contributed by atoms with van der Waals surface area (Å²) in [5.41, 5.74) is 6.72. The summed E-state index contributed by atoms with van der Waals surface area (Å²) in [6, 6.07) is 4.92. The van der Waals surface area contributed by atoms with Crippen molar-refractivity contribution in [1.82, 2.24) is 4.98 Å². The smallest absolute Gasteiger partial charge is 0.181 e. The van der Waals surface area contributed by atoms with E-state index in [-0.39, 0.29) is 11.9 Å². The molecule has 1 aromatic heterocycles. The normalized spacial score (nSPS) is 12.5. The zero-order chi connectivity index (χ0) is 15.2. The number of anilines is 1. The van der Waals surface area contributed by atoms with E-state index < -0.39 is 5.82 Å². The van der Waals surface area contributed by atoms with Crippen molar-refractivity contribution in [3.05, 3.63) is 30.2 Å². The van der Waals surface area contributed by atoms with Gasteiger partial charge in [0.25, 0.3) is 0 Å². The van der Waals surface area contributed by atoms with Gasteiger partial charge in [-0.1, -0.05) is 26.2 Å². The third-order valence-electron chi connectivity index (χ3n) is 3.62. The molecule has 2 rings (SSSR count). The molecule has 0 spiro atoms. The molecule has 1 unspecified atom stereocenters. The fourth-order valence-electron chi connectivity index (χ4n) is 2.44. The first-order valence-corrected chi connectivity index (χ1v) is 7.62. The van der Waals surface area contributed by atoms with Crippen molar-refractivity contribution in [2.75, 3.05) is 5.73 Å². The summed E-state index contributed by atoms with van der Waals surface area (Å²) >= 11 is 0. The summed E-state index contributed by atoms with van der Waals surface area (Å²) < 4.78 is 19.9. The molecule has 0 saturated heterocycles. The highest BCUT2D eigenvalue weighted by molar-refractivity contribution is 5.94. The number of hydrogen-bond donors (Lipinski definition) is 1. The molecule has 0 amide bonds. The number of nitrogens with two attached hydrogens (primary N) is 1. The molecule has 1 heterocycles. The maximum atomic E-state index is 14.1. The first-order chi connectivity index (χ1) is 10.1. The number of rotatable bonds is 7. The lowest BCUT2D eigenvalue weighted by atomic mass is 10.1. The average Bonchev–Trinajstić information content (AvgIpc) is 2.48. The van der Waals surface area contributed by atoms with Crippen LogP contribution in [0.2, 0.25) is 0 Å². The van der Waals surface area contributed by atoms with Gasteiger partial charge in [-0.3, -0.25) is 4.98 Å².